The number of benzene rings is 1. The van der Waals surface area contributed by atoms with Crippen molar-refractivity contribution in [3.63, 3.8) is 0 Å². The summed E-state index contributed by atoms with van der Waals surface area (Å²) in [5.74, 6) is 0.604. The van der Waals surface area contributed by atoms with Gasteiger partial charge >= 0.3 is 6.09 Å². The van der Waals surface area contributed by atoms with Crippen molar-refractivity contribution >= 4 is 17.2 Å². The summed E-state index contributed by atoms with van der Waals surface area (Å²) in [4.78, 5) is 12.1. The molecule has 33 heavy (non-hydrogen) atoms. The highest BCUT2D eigenvalue weighted by atomic mass is 32.2. The Morgan fingerprint density at radius 1 is 1.30 bits per heavy atom. The molecule has 11 heteroatoms. The molecule has 0 bridgehead atoms. The van der Waals surface area contributed by atoms with Crippen molar-refractivity contribution in [3.05, 3.63) is 41.6 Å². The summed E-state index contributed by atoms with van der Waals surface area (Å²) in [5.41, 5.74) is 6.14. The topological polar surface area (TPSA) is 140 Å². The molecule has 0 saturated carbocycles. The van der Waals surface area contributed by atoms with E-state index in [1.165, 1.54) is 0 Å². The molecular weight excluding hydrogens is 453 g/mol. The van der Waals surface area contributed by atoms with Gasteiger partial charge in [0.25, 0.3) is 0 Å². The van der Waals surface area contributed by atoms with E-state index in [0.717, 1.165) is 17.4 Å². The predicted molar refractivity (Wildman–Crippen MR) is 125 cm³/mol. The minimum Gasteiger partial charge on any atom is -0.773 e. The molecule has 1 aromatic carbocycles. The molecule has 9 nitrogen and oxygen atoms in total. The second-order valence-corrected chi connectivity index (χ2v) is 9.43. The van der Waals surface area contributed by atoms with E-state index >= 15 is 0 Å². The maximum Gasteiger partial charge on any atom is 0.409 e. The van der Waals surface area contributed by atoms with Crippen LogP contribution in [-0.2, 0) is 27.1 Å². The van der Waals surface area contributed by atoms with Gasteiger partial charge in [-0.3, -0.25) is 13.9 Å². The second-order valence-electron chi connectivity index (χ2n) is 8.63. The van der Waals surface area contributed by atoms with E-state index in [1.54, 1.807) is 40.7 Å². The minimum absolute atomic E-state index is 0. The minimum atomic E-state index is -1.86. The number of carbonyl (C=O) groups excluding carboxylic acids is 1. The standard InChI is InChI=1S/C21H30FN3O4.CH4O2S.H2/c1-20(2,3)28-19(26)24-21(4,5)27-17(10-11-22)14-6-8-15(9-7-14)18-12-16(13-23)25-29-18;1-4(2)3;/h6-9,12,17H,10-11,13,23H2,1-5H3,(H,24,26);1H3,(H,2,3);1H/p-1/t17-;;/m0../s1. The van der Waals surface area contributed by atoms with Crippen LogP contribution in [0.2, 0.25) is 0 Å². The van der Waals surface area contributed by atoms with Gasteiger partial charge < -0.3 is 24.3 Å². The van der Waals surface area contributed by atoms with Crippen LogP contribution >= 0.6 is 0 Å². The summed E-state index contributed by atoms with van der Waals surface area (Å²) in [5, 5.41) is 6.55. The zero-order chi connectivity index (χ0) is 25.2. The van der Waals surface area contributed by atoms with E-state index in [-0.39, 0.29) is 7.85 Å². The first-order valence-electron chi connectivity index (χ1n) is 10.3. The predicted octanol–water partition coefficient (Wildman–Crippen LogP) is 4.22. The lowest BCUT2D eigenvalue weighted by atomic mass is 10.0. The third-order valence-corrected chi connectivity index (χ3v) is 3.95. The van der Waals surface area contributed by atoms with E-state index in [4.69, 9.17) is 28.5 Å². The van der Waals surface area contributed by atoms with Crippen molar-refractivity contribution in [2.45, 2.75) is 65.0 Å². The number of rotatable bonds is 8. The largest absolute Gasteiger partial charge is 0.773 e. The van der Waals surface area contributed by atoms with Crippen LogP contribution in [0.15, 0.2) is 34.9 Å². The Kier molecular flexibility index (Phi) is 11.1. The fourth-order valence-electron chi connectivity index (χ4n) is 2.73. The van der Waals surface area contributed by atoms with Gasteiger partial charge in [-0.1, -0.05) is 40.5 Å². The van der Waals surface area contributed by atoms with Gasteiger partial charge in [0.1, 0.15) is 11.3 Å². The van der Waals surface area contributed by atoms with Crippen molar-refractivity contribution < 1.29 is 33.4 Å². The molecule has 188 valence electrons. The molecule has 1 amide bonds. The number of halogens is 1. The van der Waals surface area contributed by atoms with Crippen molar-refractivity contribution in [1.82, 2.24) is 10.5 Å². The van der Waals surface area contributed by atoms with Crippen LogP contribution in [0.1, 0.15) is 59.8 Å². The lowest BCUT2D eigenvalue weighted by Crippen LogP contribution is -2.48. The van der Waals surface area contributed by atoms with Crippen molar-refractivity contribution in [2.24, 2.45) is 5.73 Å². The van der Waals surface area contributed by atoms with Crippen molar-refractivity contribution in [3.8, 4) is 11.3 Å². The lowest BCUT2D eigenvalue weighted by Gasteiger charge is -2.32. The molecule has 0 aliphatic heterocycles. The van der Waals surface area contributed by atoms with E-state index in [2.05, 4.69) is 10.5 Å². The highest BCUT2D eigenvalue weighted by Gasteiger charge is 2.29. The number of alkyl carbamates (subject to hydrolysis) is 1. The van der Waals surface area contributed by atoms with Gasteiger partial charge in [0.2, 0.25) is 0 Å². The summed E-state index contributed by atoms with van der Waals surface area (Å²) < 4.78 is 47.7. The Morgan fingerprint density at radius 2 is 1.88 bits per heavy atom. The maximum absolute atomic E-state index is 13.1. The lowest BCUT2D eigenvalue weighted by molar-refractivity contribution is -0.0979. The molecule has 2 aromatic rings. The number of hydrogen-bond acceptors (Lipinski definition) is 8. The Bertz CT molecular complexity index is 899. The molecule has 0 saturated heterocycles. The summed E-state index contributed by atoms with van der Waals surface area (Å²) in [6.07, 6.45) is 0.0875. The molecule has 2 rings (SSSR count). The zero-order valence-electron chi connectivity index (χ0n) is 19.8. The monoisotopic (exact) mass is 488 g/mol. The Hall–Kier alpha value is -2.34. The van der Waals surface area contributed by atoms with Gasteiger partial charge in [0.05, 0.1) is 18.5 Å². The van der Waals surface area contributed by atoms with Crippen LogP contribution in [0, 0.1) is 0 Å². The highest BCUT2D eigenvalue weighted by Crippen LogP contribution is 2.29. The first-order chi connectivity index (χ1) is 15.3. The molecule has 1 heterocycles. The number of nitrogens with zero attached hydrogens (tertiary/aromatic N) is 1. The molecule has 0 fully saturated rings. The number of hydrogen-bond donors (Lipinski definition) is 2. The normalized spacial score (nSPS) is 13.5. The fraction of sp³-hybridized carbons (Fsp3) is 0.545. The number of ether oxygens (including phenoxy) is 2. The zero-order valence-corrected chi connectivity index (χ0v) is 20.7. The van der Waals surface area contributed by atoms with Crippen LogP contribution in [0.4, 0.5) is 9.18 Å². The van der Waals surface area contributed by atoms with Gasteiger partial charge in [-0.15, -0.1) is 0 Å². The van der Waals surface area contributed by atoms with E-state index in [9.17, 15) is 9.18 Å². The van der Waals surface area contributed by atoms with Gasteiger partial charge in [-0.05, 0) is 46.4 Å². The average Bonchev–Trinajstić information content (AvgIpc) is 3.14. The molecule has 0 spiro atoms. The number of alkyl halides is 1. The number of amides is 1. The van der Waals surface area contributed by atoms with E-state index in [1.807, 2.05) is 24.3 Å². The number of nitrogens with two attached hydrogens (primary N) is 1. The van der Waals surface area contributed by atoms with Crippen LogP contribution in [0.25, 0.3) is 11.3 Å². The van der Waals surface area contributed by atoms with Gasteiger partial charge in [-0.2, -0.15) is 0 Å². The van der Waals surface area contributed by atoms with Gasteiger partial charge in [0, 0.05) is 26.0 Å². The number of nitrogens with one attached hydrogen (secondary N) is 1. The molecule has 0 radical (unpaired) electrons. The van der Waals surface area contributed by atoms with Gasteiger partial charge in [-0.25, -0.2) is 4.79 Å². The Balaban J connectivity index is 0.00000201. The third kappa shape index (κ3) is 11.4. The van der Waals surface area contributed by atoms with E-state index < -0.39 is 41.3 Å². The number of carbonyl (C=O) groups is 1. The second kappa shape index (κ2) is 12.8. The molecule has 2 atom stereocenters. The first-order valence-corrected chi connectivity index (χ1v) is 11.8. The maximum atomic E-state index is 13.1. The number of aromatic nitrogens is 1. The Morgan fingerprint density at radius 3 is 2.33 bits per heavy atom. The van der Waals surface area contributed by atoms with Crippen molar-refractivity contribution in [2.75, 3.05) is 12.9 Å². The van der Waals surface area contributed by atoms with Crippen LogP contribution in [0.5, 0.6) is 0 Å². The van der Waals surface area contributed by atoms with Crippen LogP contribution in [0.3, 0.4) is 0 Å². The third-order valence-electron chi connectivity index (χ3n) is 3.95. The molecule has 1 unspecified atom stereocenters. The molecule has 0 aliphatic rings. The highest BCUT2D eigenvalue weighted by molar-refractivity contribution is 7.78. The van der Waals surface area contributed by atoms with Crippen molar-refractivity contribution in [1.29, 1.82) is 0 Å². The Labute approximate surface area is 198 Å². The quantitative estimate of drug-likeness (QED) is 0.416. The SMILES string of the molecule is CC(C)(C)OC(=O)NC(C)(C)O[C@@H](CCF)c1ccc(-c2cc(CN)no2)cc1.CS(=O)[O-].[HH]. The van der Waals surface area contributed by atoms with Crippen LogP contribution < -0.4 is 11.1 Å². The summed E-state index contributed by atoms with van der Waals surface area (Å²) >= 11 is -1.86. The molecule has 0 aliphatic carbocycles. The van der Waals surface area contributed by atoms with E-state index in [0.29, 0.717) is 18.0 Å². The van der Waals surface area contributed by atoms with Crippen LogP contribution in [-0.4, -0.2) is 44.3 Å². The summed E-state index contributed by atoms with van der Waals surface area (Å²) in [6.45, 7) is 8.46. The molecule has 3 N–H and O–H groups in total. The average molecular weight is 489 g/mol. The first kappa shape index (κ1) is 28.7. The molecule has 1 aromatic heterocycles. The smallest absolute Gasteiger partial charge is 0.409 e. The summed E-state index contributed by atoms with van der Waals surface area (Å²) in [6, 6.07) is 9.14. The molecular formula is C22H35FN3O6S-. The fourth-order valence-corrected chi connectivity index (χ4v) is 2.73. The van der Waals surface area contributed by atoms with Gasteiger partial charge in [0.15, 0.2) is 5.76 Å². The summed E-state index contributed by atoms with van der Waals surface area (Å²) in [7, 11) is 0.